The summed E-state index contributed by atoms with van der Waals surface area (Å²) in [7, 11) is -3.60. The first-order valence-corrected chi connectivity index (χ1v) is 10.3. The van der Waals surface area contributed by atoms with Gasteiger partial charge in [0, 0.05) is 24.8 Å². The number of hydrogen-bond acceptors (Lipinski definition) is 6. The van der Waals surface area contributed by atoms with Crippen molar-refractivity contribution in [3.05, 3.63) is 35.4 Å². The third-order valence-corrected chi connectivity index (χ3v) is 7.04. The molecule has 2 unspecified atom stereocenters. The van der Waals surface area contributed by atoms with Gasteiger partial charge in [0.25, 0.3) is 0 Å². The van der Waals surface area contributed by atoms with Gasteiger partial charge in [0.05, 0.1) is 6.17 Å². The second-order valence-electron chi connectivity index (χ2n) is 6.82. The quantitative estimate of drug-likeness (QED) is 0.563. The molecule has 4 N–H and O–H groups in total. The first-order chi connectivity index (χ1) is 12.2. The third kappa shape index (κ3) is 4.57. The highest BCUT2D eigenvalue weighted by Gasteiger charge is 2.49. The number of nitrogens with one attached hydrogen (secondary N) is 4. The zero-order valence-corrected chi connectivity index (χ0v) is 16.4. The molecule has 7 nitrogen and oxygen atoms in total. The van der Waals surface area contributed by atoms with E-state index in [2.05, 4.69) is 21.5 Å². The molecule has 0 spiro atoms. The molecule has 2 fully saturated rings. The molecule has 0 saturated carbocycles. The summed E-state index contributed by atoms with van der Waals surface area (Å²) in [5.41, 5.74) is 6.13. The fourth-order valence-electron chi connectivity index (χ4n) is 3.53. The van der Waals surface area contributed by atoms with E-state index in [0.717, 1.165) is 12.3 Å². The lowest BCUT2D eigenvalue weighted by atomic mass is 9.95. The van der Waals surface area contributed by atoms with Crippen LogP contribution in [0.3, 0.4) is 0 Å². The van der Waals surface area contributed by atoms with Crippen molar-refractivity contribution in [1.29, 1.82) is 0 Å². The Kier molecular flexibility index (Phi) is 6.80. The Balaban J connectivity index is 0.00000261. The molecule has 1 amide bonds. The van der Waals surface area contributed by atoms with Gasteiger partial charge >= 0.3 is 0 Å². The predicted molar refractivity (Wildman–Crippen MR) is 98.8 cm³/mol. The second-order valence-corrected chi connectivity index (χ2v) is 9.15. The van der Waals surface area contributed by atoms with Gasteiger partial charge in [-0.2, -0.15) is 0 Å². The number of amides is 1. The molecule has 2 aliphatic rings. The van der Waals surface area contributed by atoms with Crippen LogP contribution in [0, 0.1) is 11.6 Å². The Bertz CT molecular complexity index is 783. The van der Waals surface area contributed by atoms with Gasteiger partial charge in [-0.3, -0.25) is 4.79 Å². The lowest BCUT2D eigenvalue weighted by Gasteiger charge is -2.35. The molecule has 152 valence electrons. The molecule has 0 bridgehead atoms. The number of rotatable bonds is 4. The zero-order chi connectivity index (χ0) is 18.9. The SMILES string of the molecule is CS(=O)(=O)C1(C(=O)NC2CC(c3cc(F)cc(F)c3)NN2)CCNCC1.Cl. The summed E-state index contributed by atoms with van der Waals surface area (Å²) in [6.45, 7) is 0.893. The number of carbonyl (C=O) groups excluding carboxylic acids is 1. The second kappa shape index (κ2) is 8.36. The van der Waals surface area contributed by atoms with Gasteiger partial charge in [-0.15, -0.1) is 12.4 Å². The molecule has 1 aromatic carbocycles. The fourth-order valence-corrected chi connectivity index (χ4v) is 4.87. The molecule has 2 atom stereocenters. The molecule has 27 heavy (non-hydrogen) atoms. The van der Waals surface area contributed by atoms with Gasteiger partial charge in [0.15, 0.2) is 14.6 Å². The van der Waals surface area contributed by atoms with E-state index in [1.165, 1.54) is 12.1 Å². The van der Waals surface area contributed by atoms with E-state index in [1.807, 2.05) is 0 Å². The van der Waals surface area contributed by atoms with E-state index in [9.17, 15) is 22.0 Å². The van der Waals surface area contributed by atoms with Gasteiger partial charge in [-0.1, -0.05) is 0 Å². The normalized spacial score (nSPS) is 24.9. The number of piperidine rings is 1. The molecule has 2 saturated heterocycles. The minimum Gasteiger partial charge on any atom is -0.338 e. The number of hydrogen-bond donors (Lipinski definition) is 4. The van der Waals surface area contributed by atoms with Gasteiger partial charge < -0.3 is 10.6 Å². The van der Waals surface area contributed by atoms with Crippen LogP contribution in [0.5, 0.6) is 0 Å². The average molecular weight is 425 g/mol. The fraction of sp³-hybridized carbons (Fsp3) is 0.562. The smallest absolute Gasteiger partial charge is 0.242 e. The van der Waals surface area contributed by atoms with Gasteiger partial charge in [0.1, 0.15) is 11.6 Å². The third-order valence-electron chi connectivity index (χ3n) is 5.03. The van der Waals surface area contributed by atoms with Crippen molar-refractivity contribution in [1.82, 2.24) is 21.5 Å². The first kappa shape index (κ1) is 22.0. The molecule has 0 aromatic heterocycles. The van der Waals surface area contributed by atoms with E-state index in [0.29, 0.717) is 25.1 Å². The van der Waals surface area contributed by atoms with Crippen molar-refractivity contribution < 1.29 is 22.0 Å². The molecule has 0 radical (unpaired) electrons. The average Bonchev–Trinajstić information content (AvgIpc) is 3.02. The molecular formula is C16H23ClF2N4O3S. The molecule has 2 aliphatic heterocycles. The standard InChI is InChI=1S/C16H22F2N4O3S.ClH/c1-26(24,25)16(2-4-19-5-3-16)15(23)20-14-9-13(21-22-14)10-6-11(17)8-12(18)7-10;/h6-8,13-14,19,21-22H,2-5,9H2,1H3,(H,20,23);1H. The number of carbonyl (C=O) groups is 1. The van der Waals surface area contributed by atoms with Crippen molar-refractivity contribution in [3.8, 4) is 0 Å². The maximum Gasteiger partial charge on any atom is 0.242 e. The summed E-state index contributed by atoms with van der Waals surface area (Å²) in [6.07, 6.45) is 1.27. The predicted octanol–water partition coefficient (Wildman–Crippen LogP) is 0.535. The Morgan fingerprint density at radius 3 is 2.30 bits per heavy atom. The lowest BCUT2D eigenvalue weighted by molar-refractivity contribution is -0.125. The van der Waals surface area contributed by atoms with Gasteiger partial charge in [0.2, 0.25) is 5.91 Å². The van der Waals surface area contributed by atoms with Crippen LogP contribution in [-0.2, 0) is 14.6 Å². The van der Waals surface area contributed by atoms with Crippen molar-refractivity contribution in [2.24, 2.45) is 0 Å². The maximum atomic E-state index is 13.4. The lowest BCUT2D eigenvalue weighted by Crippen LogP contribution is -2.60. The first-order valence-electron chi connectivity index (χ1n) is 8.40. The van der Waals surface area contributed by atoms with Crippen LogP contribution < -0.4 is 21.5 Å². The Labute approximate surface area is 163 Å². The van der Waals surface area contributed by atoms with Gasteiger partial charge in [-0.25, -0.2) is 28.1 Å². The van der Waals surface area contributed by atoms with Crippen LogP contribution in [0.1, 0.15) is 30.9 Å². The van der Waals surface area contributed by atoms with Crippen LogP contribution in [0.25, 0.3) is 0 Å². The van der Waals surface area contributed by atoms with Crippen molar-refractivity contribution in [2.75, 3.05) is 19.3 Å². The van der Waals surface area contributed by atoms with E-state index < -0.39 is 44.3 Å². The number of sulfone groups is 1. The van der Waals surface area contributed by atoms with Crippen molar-refractivity contribution in [2.45, 2.75) is 36.2 Å². The monoisotopic (exact) mass is 424 g/mol. The highest BCUT2D eigenvalue weighted by atomic mass is 35.5. The minimum atomic E-state index is -3.60. The number of halogens is 3. The summed E-state index contributed by atoms with van der Waals surface area (Å²) >= 11 is 0. The zero-order valence-electron chi connectivity index (χ0n) is 14.7. The largest absolute Gasteiger partial charge is 0.338 e. The number of hydrazine groups is 1. The molecule has 3 rings (SSSR count). The summed E-state index contributed by atoms with van der Waals surface area (Å²) in [6, 6.07) is 2.82. The Morgan fingerprint density at radius 1 is 1.15 bits per heavy atom. The highest BCUT2D eigenvalue weighted by molar-refractivity contribution is 7.92. The molecule has 1 aromatic rings. The molecule has 0 aliphatic carbocycles. The van der Waals surface area contributed by atoms with Crippen LogP contribution in [-0.4, -0.2) is 44.6 Å². The summed E-state index contributed by atoms with van der Waals surface area (Å²) in [5, 5.41) is 5.77. The topological polar surface area (TPSA) is 99.3 Å². The van der Waals surface area contributed by atoms with Crippen LogP contribution in [0.4, 0.5) is 8.78 Å². The molecule has 11 heteroatoms. The van der Waals surface area contributed by atoms with E-state index in [-0.39, 0.29) is 25.2 Å². The number of benzene rings is 1. The summed E-state index contributed by atoms with van der Waals surface area (Å²) in [4.78, 5) is 12.8. The van der Waals surface area contributed by atoms with Gasteiger partial charge in [-0.05, 0) is 43.6 Å². The summed E-state index contributed by atoms with van der Waals surface area (Å²) < 4.78 is 49.9. The van der Waals surface area contributed by atoms with Crippen LogP contribution in [0.15, 0.2) is 18.2 Å². The Hall–Kier alpha value is -1.33. The summed E-state index contributed by atoms with van der Waals surface area (Å²) in [5.74, 6) is -1.91. The molecular weight excluding hydrogens is 402 g/mol. The maximum absolute atomic E-state index is 13.4. The van der Waals surface area contributed by atoms with Crippen LogP contribution >= 0.6 is 12.4 Å². The minimum absolute atomic E-state index is 0. The van der Waals surface area contributed by atoms with E-state index in [1.54, 1.807) is 0 Å². The van der Waals surface area contributed by atoms with E-state index in [4.69, 9.17) is 0 Å². The highest BCUT2D eigenvalue weighted by Crippen LogP contribution is 2.29. The Morgan fingerprint density at radius 2 is 1.74 bits per heavy atom. The van der Waals surface area contributed by atoms with Crippen molar-refractivity contribution in [3.63, 3.8) is 0 Å². The van der Waals surface area contributed by atoms with Crippen molar-refractivity contribution >= 4 is 28.2 Å². The molecule has 2 heterocycles. The van der Waals surface area contributed by atoms with Crippen LogP contribution in [0.2, 0.25) is 0 Å². The van der Waals surface area contributed by atoms with E-state index >= 15 is 0 Å².